The van der Waals surface area contributed by atoms with E-state index >= 15 is 0 Å². The molecule has 12 aromatic carbocycles. The molecule has 0 aromatic heterocycles. The average Bonchev–Trinajstić information content (AvgIpc) is 0.824. The van der Waals surface area contributed by atoms with E-state index in [1.54, 1.807) is 24.3 Å². The van der Waals surface area contributed by atoms with Crippen LogP contribution in [0.3, 0.4) is 0 Å². The van der Waals surface area contributed by atoms with Gasteiger partial charge in [-0.25, -0.2) is 8.78 Å². The van der Waals surface area contributed by atoms with Gasteiger partial charge in [0.15, 0.2) is 46.1 Å². The monoisotopic (exact) mass is 1830 g/mol. The SMILES string of the molecule is CCCCCCCCOc1ccc(OCc2ccc(-c3ccc(C)cc3)cc2)c(F)c1F.CCCCCCCCc1ccc(-c2ccc(COc3ccc(CCCCCCCC)c(F)c3F)cc2)cc1.CCCCCCOc1ccc(OCc2ccc(-c3ccc(C)cc3)cc2)c(F)c1F.CCCCCCc1ccc(-c2ccc(COc3ccc(CCCCCC)c(F)c3F)cc2)cc1. The van der Waals surface area contributed by atoms with E-state index in [2.05, 4.69) is 165 Å². The van der Waals surface area contributed by atoms with Gasteiger partial charge in [0.2, 0.25) is 34.9 Å². The molecule has 0 bridgehead atoms. The lowest BCUT2D eigenvalue weighted by Crippen LogP contribution is -2.03. The lowest BCUT2D eigenvalue weighted by Gasteiger charge is -2.12. The maximum Gasteiger partial charge on any atom is 0.204 e. The molecule has 0 atom stereocenters. The Kier molecular flexibility index (Phi) is 48.5. The molecule has 0 fully saturated rings. The quantitative estimate of drug-likeness (QED) is 0.0280. The lowest BCUT2D eigenvalue weighted by molar-refractivity contribution is 0.265. The molecule has 12 aromatic rings. The smallest absolute Gasteiger partial charge is 0.204 e. The molecular formula is C120H144F8O6. The van der Waals surface area contributed by atoms with Crippen LogP contribution in [0, 0.1) is 60.4 Å². The minimum atomic E-state index is -1.02. The second kappa shape index (κ2) is 61.0. The molecule has 0 unspecified atom stereocenters. The predicted molar refractivity (Wildman–Crippen MR) is 538 cm³/mol. The van der Waals surface area contributed by atoms with Crippen molar-refractivity contribution in [3.63, 3.8) is 0 Å². The molecule has 716 valence electrons. The molecule has 134 heavy (non-hydrogen) atoms. The molecule has 14 heteroatoms. The first-order valence-corrected chi connectivity index (χ1v) is 49.8. The number of aryl methyl sites for hydroxylation is 6. The molecule has 0 amide bonds. The normalized spacial score (nSPS) is 11.0. The van der Waals surface area contributed by atoms with Crippen LogP contribution in [0.5, 0.6) is 34.5 Å². The second-order valence-corrected chi connectivity index (χ2v) is 35.3. The summed E-state index contributed by atoms with van der Waals surface area (Å²) >= 11 is 0. The number of benzene rings is 12. The Morgan fingerprint density at radius 2 is 0.343 bits per heavy atom. The van der Waals surface area contributed by atoms with Crippen molar-refractivity contribution in [3.8, 4) is 79.0 Å². The van der Waals surface area contributed by atoms with E-state index in [1.165, 1.54) is 160 Å². The van der Waals surface area contributed by atoms with Crippen LogP contribution in [0.25, 0.3) is 44.5 Å². The average molecular weight is 1830 g/mol. The van der Waals surface area contributed by atoms with E-state index in [-0.39, 0.29) is 60.9 Å². The summed E-state index contributed by atoms with van der Waals surface area (Å²) in [6.45, 7) is 18.7. The Morgan fingerprint density at radius 1 is 0.164 bits per heavy atom. The van der Waals surface area contributed by atoms with Crippen molar-refractivity contribution in [1.29, 1.82) is 0 Å². The van der Waals surface area contributed by atoms with Gasteiger partial charge in [-0.3, -0.25) is 0 Å². The molecule has 0 N–H and O–H groups in total. The minimum Gasteiger partial charge on any atom is -0.490 e. The zero-order chi connectivity index (χ0) is 95.3. The van der Waals surface area contributed by atoms with Gasteiger partial charge < -0.3 is 28.4 Å². The van der Waals surface area contributed by atoms with Crippen molar-refractivity contribution in [3.05, 3.63) is 345 Å². The zero-order valence-electron chi connectivity index (χ0n) is 80.9. The van der Waals surface area contributed by atoms with Gasteiger partial charge in [-0.15, -0.1) is 0 Å². The Hall–Kier alpha value is -11.1. The van der Waals surface area contributed by atoms with E-state index in [4.69, 9.17) is 28.4 Å². The summed E-state index contributed by atoms with van der Waals surface area (Å²) in [5, 5.41) is 0. The Bertz CT molecular complexity index is 5270. The molecular weight excluding hydrogens is 1690 g/mol. The van der Waals surface area contributed by atoms with Gasteiger partial charge >= 0.3 is 0 Å². The van der Waals surface area contributed by atoms with Crippen molar-refractivity contribution in [2.75, 3.05) is 13.2 Å². The summed E-state index contributed by atoms with van der Waals surface area (Å²) in [4.78, 5) is 0. The van der Waals surface area contributed by atoms with Crippen LogP contribution in [0.2, 0.25) is 0 Å². The number of rotatable bonds is 54. The zero-order valence-corrected chi connectivity index (χ0v) is 80.9. The highest BCUT2D eigenvalue weighted by Crippen LogP contribution is 2.35. The summed E-state index contributed by atoms with van der Waals surface area (Å²) in [5.74, 6) is -7.78. The summed E-state index contributed by atoms with van der Waals surface area (Å²) in [5.41, 5.74) is 18.7. The number of ether oxygens (including phenoxy) is 6. The first-order valence-electron chi connectivity index (χ1n) is 49.8. The largest absolute Gasteiger partial charge is 0.490 e. The molecule has 0 aliphatic carbocycles. The summed E-state index contributed by atoms with van der Waals surface area (Å²) in [6.07, 6.45) is 38.0. The van der Waals surface area contributed by atoms with Gasteiger partial charge in [-0.2, -0.15) is 26.3 Å². The van der Waals surface area contributed by atoms with E-state index < -0.39 is 46.5 Å². The number of halogens is 8. The molecule has 0 heterocycles. The molecule has 6 nitrogen and oxygen atoms in total. The highest BCUT2D eigenvalue weighted by atomic mass is 19.2. The molecule has 0 saturated heterocycles. The topological polar surface area (TPSA) is 55.4 Å². The van der Waals surface area contributed by atoms with Crippen LogP contribution < -0.4 is 28.4 Å². The standard InChI is InChI=1S/C35H46F2O.C31H38F2O.C28H32F2O2.C26H28F2O2/c1-3-5-7-9-11-13-15-28-17-21-30(22-18-28)31-23-19-29(20-24-31)27-38-33-26-25-32(34(36)35(33)37)16-14-12-10-8-6-4-2;1-3-5-7-9-11-24-13-17-26(18-14-24)27-19-15-25(16-20-27)23-34-29-22-21-28(30(32)31(29)33)12-10-8-6-4-2;1-3-4-5-6-7-8-19-31-25-17-18-26(28(30)27(25)29)32-20-22-11-15-24(16-12-22)23-13-9-21(2)10-14-23;1-3-4-5-6-17-29-23-15-16-24(26(28)25(23)27)30-18-20-9-13-22(14-10-20)21-11-7-19(2)8-12-21/h17-26H,3-16,27H2,1-2H3;13-22H,3-12,23H2,1-2H3;9-18H,3-8,19-20H2,1-2H3;7-16H,3-6,17-18H2,1-2H3. The van der Waals surface area contributed by atoms with Crippen LogP contribution in [0.4, 0.5) is 35.1 Å². The number of hydrogen-bond donors (Lipinski definition) is 0. The van der Waals surface area contributed by atoms with Gasteiger partial charge in [0, 0.05) is 0 Å². The molecule has 0 saturated carbocycles. The molecule has 0 spiro atoms. The maximum atomic E-state index is 14.6. The molecule has 0 radical (unpaired) electrons. The van der Waals surface area contributed by atoms with Crippen LogP contribution >= 0.6 is 0 Å². The van der Waals surface area contributed by atoms with Crippen molar-refractivity contribution in [1.82, 2.24) is 0 Å². The van der Waals surface area contributed by atoms with Crippen LogP contribution in [-0.4, -0.2) is 13.2 Å². The lowest BCUT2D eigenvalue weighted by atomic mass is 10.00. The fraction of sp³-hybridized carbons (Fsp3) is 0.400. The third-order valence-electron chi connectivity index (χ3n) is 24.3. The summed E-state index contributed by atoms with van der Waals surface area (Å²) < 4.78 is 149. The second-order valence-electron chi connectivity index (χ2n) is 35.3. The van der Waals surface area contributed by atoms with E-state index in [0.29, 0.717) is 37.2 Å². The van der Waals surface area contributed by atoms with E-state index in [9.17, 15) is 35.1 Å². The van der Waals surface area contributed by atoms with Crippen LogP contribution in [-0.2, 0) is 52.1 Å². The molecule has 0 aliphatic rings. The van der Waals surface area contributed by atoms with Crippen molar-refractivity contribution < 1.29 is 63.5 Å². The van der Waals surface area contributed by atoms with Gasteiger partial charge in [-0.05, 0) is 203 Å². The summed E-state index contributed by atoms with van der Waals surface area (Å²) in [7, 11) is 0. The Balaban J connectivity index is 0.000000201. The van der Waals surface area contributed by atoms with Crippen molar-refractivity contribution >= 4 is 0 Å². The van der Waals surface area contributed by atoms with E-state index in [0.717, 1.165) is 158 Å². The predicted octanol–water partition coefficient (Wildman–Crippen LogP) is 36.2. The highest BCUT2D eigenvalue weighted by Gasteiger charge is 2.21. The van der Waals surface area contributed by atoms with Crippen molar-refractivity contribution in [2.24, 2.45) is 0 Å². The number of unbranched alkanes of at least 4 members (excludes halogenated alkanes) is 24. The third-order valence-corrected chi connectivity index (χ3v) is 24.3. The van der Waals surface area contributed by atoms with Gasteiger partial charge in [0.05, 0.1) is 13.2 Å². The van der Waals surface area contributed by atoms with Crippen LogP contribution in [0.15, 0.2) is 243 Å². The summed E-state index contributed by atoms with van der Waals surface area (Å²) in [6, 6.07) is 78.2. The first-order chi connectivity index (χ1) is 65.4. The molecule has 0 aliphatic heterocycles. The highest BCUT2D eigenvalue weighted by molar-refractivity contribution is 5.67. The Labute approximate surface area is 796 Å². The Morgan fingerprint density at radius 3 is 0.597 bits per heavy atom. The van der Waals surface area contributed by atoms with Gasteiger partial charge in [0.25, 0.3) is 0 Å². The van der Waals surface area contributed by atoms with E-state index in [1.807, 2.05) is 84.9 Å². The maximum absolute atomic E-state index is 14.6. The van der Waals surface area contributed by atoms with Crippen LogP contribution in [0.1, 0.15) is 290 Å². The third kappa shape index (κ3) is 36.9. The molecule has 12 rings (SSSR count). The van der Waals surface area contributed by atoms with Gasteiger partial charge in [-0.1, -0.05) is 413 Å². The van der Waals surface area contributed by atoms with Gasteiger partial charge in [0.1, 0.15) is 26.4 Å². The number of hydrogen-bond acceptors (Lipinski definition) is 6. The minimum absolute atomic E-state index is 0.0285. The first kappa shape index (κ1) is 107. The van der Waals surface area contributed by atoms with Crippen molar-refractivity contribution in [2.45, 2.75) is 300 Å². The fourth-order valence-electron chi connectivity index (χ4n) is 15.7. The fourth-order valence-corrected chi connectivity index (χ4v) is 15.7.